The van der Waals surface area contributed by atoms with Crippen LogP contribution in [-0.4, -0.2) is 24.2 Å². The summed E-state index contributed by atoms with van der Waals surface area (Å²) < 4.78 is 29.3. The third-order valence-corrected chi connectivity index (χ3v) is 5.34. The zero-order valence-corrected chi connectivity index (χ0v) is 12.8. The third-order valence-electron chi connectivity index (χ3n) is 3.76. The van der Waals surface area contributed by atoms with Gasteiger partial charge in [-0.2, -0.15) is 5.10 Å². The van der Waals surface area contributed by atoms with E-state index >= 15 is 0 Å². The minimum Gasteiger partial charge on any atom is -0.271 e. The van der Waals surface area contributed by atoms with E-state index in [9.17, 15) is 8.42 Å². The molecule has 5 nitrogen and oxygen atoms in total. The molecule has 1 aromatic carbocycles. The molecule has 0 aliphatic heterocycles. The van der Waals surface area contributed by atoms with E-state index in [1.807, 2.05) is 31.3 Å². The maximum absolute atomic E-state index is 12.4. The fourth-order valence-electron chi connectivity index (χ4n) is 2.77. The van der Waals surface area contributed by atoms with Gasteiger partial charge in [-0.1, -0.05) is 6.07 Å². The highest BCUT2D eigenvalue weighted by atomic mass is 32.2. The first-order valence-electron chi connectivity index (χ1n) is 7.16. The lowest BCUT2D eigenvalue weighted by molar-refractivity contribution is 0.494. The van der Waals surface area contributed by atoms with E-state index in [1.165, 1.54) is 5.56 Å². The number of sulfonamides is 1. The molecule has 1 aromatic heterocycles. The Labute approximate surface area is 125 Å². The van der Waals surface area contributed by atoms with Gasteiger partial charge in [0.25, 0.3) is 0 Å². The fourth-order valence-corrected chi connectivity index (χ4v) is 4.06. The summed E-state index contributed by atoms with van der Waals surface area (Å²) in [5.41, 5.74) is 2.44. The SMILES string of the molecule is CC(Cn1cccn1)NS(=O)(=O)c1ccc2c(c1)CCC2. The Morgan fingerprint density at radius 1 is 1.33 bits per heavy atom. The summed E-state index contributed by atoms with van der Waals surface area (Å²) in [6.07, 6.45) is 6.64. The molecule has 0 radical (unpaired) electrons. The van der Waals surface area contributed by atoms with Crippen LogP contribution in [-0.2, 0) is 29.4 Å². The molecule has 1 atom stereocenters. The number of rotatable bonds is 5. The summed E-state index contributed by atoms with van der Waals surface area (Å²) in [5, 5.41) is 4.09. The van der Waals surface area contributed by atoms with Crippen molar-refractivity contribution >= 4 is 10.0 Å². The molecule has 0 fully saturated rings. The van der Waals surface area contributed by atoms with E-state index in [2.05, 4.69) is 9.82 Å². The summed E-state index contributed by atoms with van der Waals surface area (Å²) in [6.45, 7) is 2.35. The molecule has 0 bridgehead atoms. The molecule has 0 saturated heterocycles. The average molecular weight is 305 g/mol. The summed E-state index contributed by atoms with van der Waals surface area (Å²) in [5.74, 6) is 0. The Morgan fingerprint density at radius 2 is 2.14 bits per heavy atom. The van der Waals surface area contributed by atoms with Gasteiger partial charge >= 0.3 is 0 Å². The molecule has 1 aliphatic carbocycles. The van der Waals surface area contributed by atoms with Crippen molar-refractivity contribution in [3.8, 4) is 0 Å². The summed E-state index contributed by atoms with van der Waals surface area (Å²) >= 11 is 0. The smallest absolute Gasteiger partial charge is 0.240 e. The van der Waals surface area contributed by atoms with Gasteiger partial charge in [-0.3, -0.25) is 4.68 Å². The van der Waals surface area contributed by atoms with E-state index in [0.717, 1.165) is 24.8 Å². The first-order chi connectivity index (χ1) is 10.0. The number of aromatic nitrogens is 2. The Hall–Kier alpha value is -1.66. The number of nitrogens with zero attached hydrogens (tertiary/aromatic N) is 2. The molecule has 1 N–H and O–H groups in total. The number of hydrogen-bond donors (Lipinski definition) is 1. The number of benzene rings is 1. The van der Waals surface area contributed by atoms with E-state index in [-0.39, 0.29) is 6.04 Å². The van der Waals surface area contributed by atoms with Crippen LogP contribution < -0.4 is 4.72 Å². The second-order valence-electron chi connectivity index (χ2n) is 5.53. The molecule has 0 saturated carbocycles. The summed E-state index contributed by atoms with van der Waals surface area (Å²) in [7, 11) is -3.48. The highest BCUT2D eigenvalue weighted by Gasteiger charge is 2.20. The molecule has 2 aromatic rings. The van der Waals surface area contributed by atoms with Crippen molar-refractivity contribution < 1.29 is 8.42 Å². The van der Waals surface area contributed by atoms with E-state index in [4.69, 9.17) is 0 Å². The first-order valence-corrected chi connectivity index (χ1v) is 8.64. The van der Waals surface area contributed by atoms with Crippen LogP contribution in [0.5, 0.6) is 0 Å². The van der Waals surface area contributed by atoms with Crippen molar-refractivity contribution in [1.29, 1.82) is 0 Å². The zero-order chi connectivity index (χ0) is 14.9. The molecule has 1 unspecified atom stereocenters. The van der Waals surface area contributed by atoms with Crippen LogP contribution in [0.4, 0.5) is 0 Å². The van der Waals surface area contributed by atoms with E-state index in [1.54, 1.807) is 16.9 Å². The normalized spacial score (nSPS) is 15.9. The number of nitrogens with one attached hydrogen (secondary N) is 1. The van der Waals surface area contributed by atoms with Gasteiger partial charge in [0.15, 0.2) is 0 Å². The number of hydrogen-bond acceptors (Lipinski definition) is 3. The maximum atomic E-state index is 12.4. The van der Waals surface area contributed by atoms with Gasteiger partial charge in [-0.05, 0) is 55.5 Å². The largest absolute Gasteiger partial charge is 0.271 e. The quantitative estimate of drug-likeness (QED) is 0.915. The van der Waals surface area contributed by atoms with Crippen LogP contribution in [0.25, 0.3) is 0 Å². The van der Waals surface area contributed by atoms with Crippen LogP contribution in [0.2, 0.25) is 0 Å². The van der Waals surface area contributed by atoms with Crippen LogP contribution in [0, 0.1) is 0 Å². The lowest BCUT2D eigenvalue weighted by atomic mass is 10.1. The van der Waals surface area contributed by atoms with Gasteiger partial charge < -0.3 is 0 Å². The molecular formula is C15H19N3O2S. The molecule has 6 heteroatoms. The molecule has 1 aliphatic rings. The van der Waals surface area contributed by atoms with Crippen LogP contribution in [0.15, 0.2) is 41.6 Å². The third kappa shape index (κ3) is 3.16. The van der Waals surface area contributed by atoms with Crippen molar-refractivity contribution in [3.05, 3.63) is 47.8 Å². The van der Waals surface area contributed by atoms with Crippen LogP contribution in [0.1, 0.15) is 24.5 Å². The lowest BCUT2D eigenvalue weighted by Gasteiger charge is -2.15. The number of fused-ring (bicyclic) bond motifs is 1. The van der Waals surface area contributed by atoms with Gasteiger partial charge in [0, 0.05) is 18.4 Å². The second kappa shape index (κ2) is 5.61. The number of aryl methyl sites for hydroxylation is 2. The predicted octanol–water partition coefficient (Wildman–Crippen LogP) is 1.74. The molecule has 0 amide bonds. The van der Waals surface area contributed by atoms with E-state index < -0.39 is 10.0 Å². The van der Waals surface area contributed by atoms with Crippen LogP contribution in [0.3, 0.4) is 0 Å². The average Bonchev–Trinajstić information content (AvgIpc) is 3.07. The molecule has 21 heavy (non-hydrogen) atoms. The monoisotopic (exact) mass is 305 g/mol. The van der Waals surface area contributed by atoms with Gasteiger partial charge in [-0.15, -0.1) is 0 Å². The summed E-state index contributed by atoms with van der Waals surface area (Å²) in [4.78, 5) is 0.357. The standard InChI is InChI=1S/C15H19N3O2S/c1-12(11-18-9-3-8-16-18)17-21(19,20)15-7-6-13-4-2-5-14(13)10-15/h3,6-10,12,17H,2,4-5,11H2,1H3. The highest BCUT2D eigenvalue weighted by Crippen LogP contribution is 2.24. The first kappa shape index (κ1) is 14.3. The Bertz CT molecular complexity index is 723. The zero-order valence-electron chi connectivity index (χ0n) is 12.0. The molecule has 3 rings (SSSR count). The van der Waals surface area contributed by atoms with Crippen molar-refractivity contribution in [3.63, 3.8) is 0 Å². The second-order valence-corrected chi connectivity index (χ2v) is 7.25. The topological polar surface area (TPSA) is 64.0 Å². The maximum Gasteiger partial charge on any atom is 0.240 e. The lowest BCUT2D eigenvalue weighted by Crippen LogP contribution is -2.35. The molecule has 0 spiro atoms. The van der Waals surface area contributed by atoms with Gasteiger partial charge in [0.05, 0.1) is 11.4 Å². The molecule has 1 heterocycles. The Kier molecular flexibility index (Phi) is 3.82. The minimum absolute atomic E-state index is 0.219. The minimum atomic E-state index is -3.48. The van der Waals surface area contributed by atoms with Gasteiger partial charge in [0.2, 0.25) is 10.0 Å². The van der Waals surface area contributed by atoms with Crippen molar-refractivity contribution in [2.45, 2.75) is 43.7 Å². The van der Waals surface area contributed by atoms with Gasteiger partial charge in [-0.25, -0.2) is 13.1 Å². The molecule has 112 valence electrons. The highest BCUT2D eigenvalue weighted by molar-refractivity contribution is 7.89. The van der Waals surface area contributed by atoms with Crippen molar-refractivity contribution in [1.82, 2.24) is 14.5 Å². The van der Waals surface area contributed by atoms with Crippen molar-refractivity contribution in [2.24, 2.45) is 0 Å². The van der Waals surface area contributed by atoms with Crippen LogP contribution >= 0.6 is 0 Å². The fraction of sp³-hybridized carbons (Fsp3) is 0.400. The molecular weight excluding hydrogens is 286 g/mol. The summed E-state index contributed by atoms with van der Waals surface area (Å²) in [6, 6.07) is 7.05. The predicted molar refractivity (Wildman–Crippen MR) is 80.5 cm³/mol. The Morgan fingerprint density at radius 3 is 2.90 bits per heavy atom. The van der Waals surface area contributed by atoms with E-state index in [0.29, 0.717) is 11.4 Å². The van der Waals surface area contributed by atoms with Gasteiger partial charge in [0.1, 0.15) is 0 Å². The van der Waals surface area contributed by atoms with Crippen molar-refractivity contribution in [2.75, 3.05) is 0 Å². The Balaban J connectivity index is 1.74.